The number of amides is 1. The van der Waals surface area contributed by atoms with Crippen molar-refractivity contribution in [2.45, 2.75) is 31.2 Å². The first-order valence-electron chi connectivity index (χ1n) is 13.5. The summed E-state index contributed by atoms with van der Waals surface area (Å²) in [4.78, 5) is 22.2. The predicted octanol–water partition coefficient (Wildman–Crippen LogP) is 2.84. The molecule has 1 amide bonds. The summed E-state index contributed by atoms with van der Waals surface area (Å²) >= 11 is 0. The van der Waals surface area contributed by atoms with Gasteiger partial charge in [-0.15, -0.1) is 0 Å². The summed E-state index contributed by atoms with van der Waals surface area (Å²) in [6, 6.07) is 12.5. The Morgan fingerprint density at radius 1 is 1.10 bits per heavy atom. The number of carbonyl (C=O) groups excluding carboxylic acids is 1. The zero-order chi connectivity index (χ0) is 28.3. The molecule has 1 unspecified atom stereocenters. The summed E-state index contributed by atoms with van der Waals surface area (Å²) in [7, 11) is -0.0444. The van der Waals surface area contributed by atoms with Crippen LogP contribution in [0.4, 0.5) is 5.69 Å². The third kappa shape index (κ3) is 6.35. The molecule has 0 spiro atoms. The second-order valence-corrected chi connectivity index (χ2v) is 12.4. The summed E-state index contributed by atoms with van der Waals surface area (Å²) < 4.78 is 38.9. The molecule has 1 N–H and O–H groups in total. The number of likely N-dealkylation sites (N-methyl/N-ethyl adjacent to an activating group) is 1. The van der Waals surface area contributed by atoms with Gasteiger partial charge in [-0.25, -0.2) is 8.42 Å². The molecular weight excluding hydrogens is 532 g/mol. The van der Waals surface area contributed by atoms with Crippen LogP contribution in [0.3, 0.4) is 0 Å². The monoisotopic (exact) mass is 568 g/mol. The van der Waals surface area contributed by atoms with Crippen molar-refractivity contribution >= 4 is 21.6 Å². The first-order valence-corrected chi connectivity index (χ1v) is 15.0. The number of anilines is 1. The Morgan fingerprint density at radius 2 is 1.85 bits per heavy atom. The molecular formula is C28H36N6O5S. The van der Waals surface area contributed by atoms with E-state index in [9.17, 15) is 13.2 Å². The van der Waals surface area contributed by atoms with Crippen molar-refractivity contribution in [3.05, 3.63) is 53.9 Å². The largest absolute Gasteiger partial charge is 0.497 e. The van der Waals surface area contributed by atoms with Crippen molar-refractivity contribution in [1.82, 2.24) is 24.2 Å². The number of rotatable bonds is 8. The van der Waals surface area contributed by atoms with Crippen molar-refractivity contribution < 1.29 is 22.5 Å². The molecule has 3 aromatic rings. The molecule has 214 valence electrons. The van der Waals surface area contributed by atoms with Crippen LogP contribution in [0.1, 0.15) is 24.3 Å². The maximum absolute atomic E-state index is 13.4. The van der Waals surface area contributed by atoms with Crippen LogP contribution in [-0.4, -0.2) is 92.0 Å². The molecule has 1 atom stereocenters. The van der Waals surface area contributed by atoms with Crippen LogP contribution < -0.4 is 10.1 Å². The average molecular weight is 569 g/mol. The topological polar surface area (TPSA) is 121 Å². The Kier molecular flexibility index (Phi) is 8.50. The van der Waals surface area contributed by atoms with Crippen molar-refractivity contribution in [3.63, 3.8) is 0 Å². The van der Waals surface area contributed by atoms with E-state index in [1.807, 2.05) is 31.3 Å². The minimum Gasteiger partial charge on any atom is -0.497 e. The number of carbonyl (C=O) groups is 1. The lowest BCUT2D eigenvalue weighted by molar-refractivity contribution is -0.121. The van der Waals surface area contributed by atoms with Crippen molar-refractivity contribution in [2.24, 2.45) is 5.92 Å². The highest BCUT2D eigenvalue weighted by Crippen LogP contribution is 2.27. The molecule has 40 heavy (non-hydrogen) atoms. The molecule has 0 bridgehead atoms. The number of likely N-dealkylation sites (tertiary alicyclic amines) is 1. The van der Waals surface area contributed by atoms with Gasteiger partial charge in [0.1, 0.15) is 5.75 Å². The number of nitrogens with one attached hydrogen (secondary N) is 1. The molecule has 3 heterocycles. The van der Waals surface area contributed by atoms with Gasteiger partial charge in [0.2, 0.25) is 27.6 Å². The van der Waals surface area contributed by atoms with E-state index < -0.39 is 10.0 Å². The Morgan fingerprint density at radius 3 is 2.58 bits per heavy atom. The van der Waals surface area contributed by atoms with Gasteiger partial charge in [-0.2, -0.15) is 9.29 Å². The molecule has 12 heteroatoms. The quantitative estimate of drug-likeness (QED) is 0.437. The van der Waals surface area contributed by atoms with Crippen molar-refractivity contribution in [1.29, 1.82) is 0 Å². The van der Waals surface area contributed by atoms with E-state index in [-0.39, 0.29) is 16.7 Å². The number of sulfonamides is 1. The highest BCUT2D eigenvalue weighted by molar-refractivity contribution is 7.89. The molecule has 2 saturated heterocycles. The number of piperidine rings is 1. The van der Waals surface area contributed by atoms with Gasteiger partial charge in [-0.3, -0.25) is 9.69 Å². The van der Waals surface area contributed by atoms with Gasteiger partial charge >= 0.3 is 0 Å². The predicted molar refractivity (Wildman–Crippen MR) is 150 cm³/mol. The zero-order valence-electron chi connectivity index (χ0n) is 23.2. The van der Waals surface area contributed by atoms with Gasteiger partial charge in [0, 0.05) is 44.0 Å². The van der Waals surface area contributed by atoms with E-state index in [1.165, 1.54) is 4.31 Å². The van der Waals surface area contributed by atoms with Gasteiger partial charge in [-0.05, 0) is 75.3 Å². The number of piperazine rings is 1. The fourth-order valence-corrected chi connectivity index (χ4v) is 6.82. The van der Waals surface area contributed by atoms with E-state index in [4.69, 9.17) is 9.26 Å². The Hall–Kier alpha value is -3.32. The SMILES string of the molecule is COc1ccc(-c2noc(CN3CCCC(C(=O)Nc4ccc(C)c(S(=O)(=O)N5CCN(C)CC5)c4)C3)n2)cc1. The lowest BCUT2D eigenvalue weighted by atomic mass is 9.97. The number of hydrogen-bond acceptors (Lipinski definition) is 9. The van der Waals surface area contributed by atoms with Crippen LogP contribution in [0.2, 0.25) is 0 Å². The first-order chi connectivity index (χ1) is 19.2. The van der Waals surface area contributed by atoms with Crippen LogP contribution in [0.5, 0.6) is 5.75 Å². The molecule has 0 radical (unpaired) electrons. The number of aryl methyl sites for hydroxylation is 1. The molecule has 0 aliphatic carbocycles. The maximum Gasteiger partial charge on any atom is 0.243 e. The smallest absolute Gasteiger partial charge is 0.243 e. The van der Waals surface area contributed by atoms with Crippen LogP contribution in [-0.2, 0) is 21.4 Å². The summed E-state index contributed by atoms with van der Waals surface area (Å²) in [5.74, 6) is 1.39. The summed E-state index contributed by atoms with van der Waals surface area (Å²) in [5, 5.41) is 7.06. The molecule has 1 aromatic heterocycles. The number of methoxy groups -OCH3 is 1. The molecule has 2 aliphatic heterocycles. The minimum absolute atomic E-state index is 0.124. The van der Waals surface area contributed by atoms with E-state index in [2.05, 4.69) is 25.3 Å². The fraction of sp³-hybridized carbons (Fsp3) is 0.464. The van der Waals surface area contributed by atoms with Gasteiger partial charge < -0.3 is 19.5 Å². The Labute approximate surface area is 235 Å². The summed E-state index contributed by atoms with van der Waals surface area (Å²) in [6.45, 7) is 5.89. The third-order valence-corrected chi connectivity index (χ3v) is 9.63. The van der Waals surface area contributed by atoms with E-state index in [0.717, 1.165) is 30.7 Å². The first kappa shape index (κ1) is 28.2. The Balaban J connectivity index is 1.21. The minimum atomic E-state index is -3.65. The summed E-state index contributed by atoms with van der Waals surface area (Å²) in [6.07, 6.45) is 1.61. The normalized spacial score (nSPS) is 19.4. The standard InChI is InChI=1S/C28H36N6O5S/c1-20-6-9-23(17-25(20)40(36,37)34-15-13-32(2)14-16-34)29-28(35)22-5-4-12-33(18-22)19-26-30-27(31-39-26)21-7-10-24(38-3)11-8-21/h6-11,17,22H,4-5,12-16,18-19H2,1-3H3,(H,29,35). The fourth-order valence-electron chi connectivity index (χ4n) is 5.15. The number of ether oxygens (including phenoxy) is 1. The maximum atomic E-state index is 13.4. The van der Waals surface area contributed by atoms with Crippen molar-refractivity contribution in [2.75, 3.05) is 58.7 Å². The molecule has 11 nitrogen and oxygen atoms in total. The lowest BCUT2D eigenvalue weighted by Gasteiger charge is -2.32. The second kappa shape index (κ2) is 12.0. The molecule has 2 aliphatic rings. The highest BCUT2D eigenvalue weighted by atomic mass is 32.2. The van der Waals surface area contributed by atoms with Gasteiger partial charge in [-0.1, -0.05) is 11.2 Å². The number of hydrogen-bond donors (Lipinski definition) is 1. The van der Waals surface area contributed by atoms with Gasteiger partial charge in [0.15, 0.2) is 0 Å². The van der Waals surface area contributed by atoms with E-state index >= 15 is 0 Å². The summed E-state index contributed by atoms with van der Waals surface area (Å²) in [5.41, 5.74) is 1.98. The molecule has 2 aromatic carbocycles. The van der Waals surface area contributed by atoms with Crippen LogP contribution in [0.15, 0.2) is 51.9 Å². The van der Waals surface area contributed by atoms with Crippen LogP contribution in [0.25, 0.3) is 11.4 Å². The zero-order valence-corrected chi connectivity index (χ0v) is 24.0. The van der Waals surface area contributed by atoms with Gasteiger partial charge in [0.25, 0.3) is 0 Å². The Bertz CT molecular complexity index is 1430. The van der Waals surface area contributed by atoms with E-state index in [0.29, 0.717) is 62.2 Å². The van der Waals surface area contributed by atoms with E-state index in [1.54, 1.807) is 32.2 Å². The van der Waals surface area contributed by atoms with Crippen molar-refractivity contribution in [3.8, 4) is 17.1 Å². The number of nitrogens with zero attached hydrogens (tertiary/aromatic N) is 5. The lowest BCUT2D eigenvalue weighted by Crippen LogP contribution is -2.47. The average Bonchev–Trinajstić information content (AvgIpc) is 3.42. The molecule has 5 rings (SSSR count). The highest BCUT2D eigenvalue weighted by Gasteiger charge is 2.30. The third-order valence-electron chi connectivity index (χ3n) is 7.59. The van der Waals surface area contributed by atoms with Crippen LogP contribution in [0, 0.1) is 12.8 Å². The van der Waals surface area contributed by atoms with Crippen LogP contribution >= 0.6 is 0 Å². The molecule has 0 saturated carbocycles. The van der Waals surface area contributed by atoms with Gasteiger partial charge in [0.05, 0.1) is 24.5 Å². The second-order valence-electron chi connectivity index (χ2n) is 10.5. The number of aromatic nitrogens is 2. The number of benzene rings is 2. The molecule has 2 fully saturated rings.